The highest BCUT2D eigenvalue weighted by Gasteiger charge is 2.15. The van der Waals surface area contributed by atoms with Crippen LogP contribution in [0.25, 0.3) is 0 Å². The summed E-state index contributed by atoms with van der Waals surface area (Å²) in [4.78, 5) is 0. The summed E-state index contributed by atoms with van der Waals surface area (Å²) in [6.45, 7) is 1.56. The smallest absolute Gasteiger partial charge is 0.120 e. The van der Waals surface area contributed by atoms with E-state index in [0.717, 1.165) is 41.8 Å². The summed E-state index contributed by atoms with van der Waals surface area (Å²) in [6, 6.07) is 5.69. The van der Waals surface area contributed by atoms with Gasteiger partial charge in [0.15, 0.2) is 0 Å². The number of hydrogen-bond acceptors (Lipinski definition) is 3. The second-order valence-corrected chi connectivity index (χ2v) is 4.70. The van der Waals surface area contributed by atoms with Gasteiger partial charge in [0.05, 0.1) is 19.8 Å². The van der Waals surface area contributed by atoms with E-state index in [1.807, 2.05) is 18.2 Å². The van der Waals surface area contributed by atoms with Gasteiger partial charge in [0.2, 0.25) is 0 Å². The summed E-state index contributed by atoms with van der Waals surface area (Å²) >= 11 is 3.38. The maximum absolute atomic E-state index is 9.14. The fraction of sp³-hybridized carbons (Fsp3) is 0.500. The average molecular weight is 287 g/mol. The Morgan fingerprint density at radius 1 is 1.38 bits per heavy atom. The molecule has 0 radical (unpaired) electrons. The molecule has 1 aliphatic rings. The lowest BCUT2D eigenvalue weighted by Gasteiger charge is -2.23. The van der Waals surface area contributed by atoms with Crippen molar-refractivity contribution in [1.29, 1.82) is 0 Å². The molecular formula is C12H15BrO3. The van der Waals surface area contributed by atoms with Crippen LogP contribution in [0.3, 0.4) is 0 Å². The summed E-state index contributed by atoms with van der Waals surface area (Å²) in [6.07, 6.45) is 2.11. The van der Waals surface area contributed by atoms with Gasteiger partial charge in [0.1, 0.15) is 11.9 Å². The SMILES string of the molecule is OCc1cc(OC2CCOCC2)ccc1Br. The predicted molar refractivity (Wildman–Crippen MR) is 64.5 cm³/mol. The molecule has 1 aliphatic heterocycles. The van der Waals surface area contributed by atoms with E-state index in [2.05, 4.69) is 15.9 Å². The number of hydrogen-bond donors (Lipinski definition) is 1. The van der Waals surface area contributed by atoms with Crippen LogP contribution in [0.5, 0.6) is 5.75 Å². The van der Waals surface area contributed by atoms with Gasteiger partial charge in [-0.3, -0.25) is 0 Å². The molecular weight excluding hydrogens is 272 g/mol. The lowest BCUT2D eigenvalue weighted by atomic mass is 10.1. The Hall–Kier alpha value is -0.580. The topological polar surface area (TPSA) is 38.7 Å². The summed E-state index contributed by atoms with van der Waals surface area (Å²) in [5, 5.41) is 9.14. The Kier molecular flexibility index (Phi) is 4.21. The van der Waals surface area contributed by atoms with E-state index in [1.165, 1.54) is 0 Å². The fourth-order valence-corrected chi connectivity index (χ4v) is 2.10. The lowest BCUT2D eigenvalue weighted by Crippen LogP contribution is -2.25. The molecule has 4 heteroatoms. The first-order valence-corrected chi connectivity index (χ1v) is 6.22. The molecule has 0 bridgehead atoms. The second-order valence-electron chi connectivity index (χ2n) is 3.84. The molecule has 1 aromatic rings. The molecule has 0 spiro atoms. The van der Waals surface area contributed by atoms with Crippen molar-refractivity contribution in [3.05, 3.63) is 28.2 Å². The van der Waals surface area contributed by atoms with Gasteiger partial charge in [-0.25, -0.2) is 0 Å². The normalized spacial score (nSPS) is 17.4. The highest BCUT2D eigenvalue weighted by molar-refractivity contribution is 9.10. The molecule has 3 nitrogen and oxygen atoms in total. The van der Waals surface area contributed by atoms with Crippen LogP contribution >= 0.6 is 15.9 Å². The molecule has 0 amide bonds. The molecule has 0 saturated carbocycles. The van der Waals surface area contributed by atoms with Crippen molar-refractivity contribution in [2.24, 2.45) is 0 Å². The van der Waals surface area contributed by atoms with Gasteiger partial charge in [-0.15, -0.1) is 0 Å². The lowest BCUT2D eigenvalue weighted by molar-refractivity contribution is 0.0255. The molecule has 16 heavy (non-hydrogen) atoms. The van der Waals surface area contributed by atoms with E-state index in [9.17, 15) is 0 Å². The number of aliphatic hydroxyl groups excluding tert-OH is 1. The van der Waals surface area contributed by atoms with Crippen LogP contribution in [0.2, 0.25) is 0 Å². The third-order valence-corrected chi connectivity index (χ3v) is 3.43. The van der Waals surface area contributed by atoms with Gasteiger partial charge >= 0.3 is 0 Å². The third kappa shape index (κ3) is 2.97. The van der Waals surface area contributed by atoms with Crippen LogP contribution in [0.15, 0.2) is 22.7 Å². The monoisotopic (exact) mass is 286 g/mol. The van der Waals surface area contributed by atoms with E-state index >= 15 is 0 Å². The van der Waals surface area contributed by atoms with Gasteiger partial charge in [0, 0.05) is 17.3 Å². The first kappa shape index (κ1) is 11.9. The maximum atomic E-state index is 9.14. The zero-order valence-corrected chi connectivity index (χ0v) is 10.6. The highest BCUT2D eigenvalue weighted by atomic mass is 79.9. The van der Waals surface area contributed by atoms with E-state index in [0.29, 0.717) is 0 Å². The minimum Gasteiger partial charge on any atom is -0.490 e. The van der Waals surface area contributed by atoms with E-state index in [4.69, 9.17) is 14.6 Å². The quantitative estimate of drug-likeness (QED) is 0.928. The van der Waals surface area contributed by atoms with Crippen molar-refractivity contribution in [1.82, 2.24) is 0 Å². The summed E-state index contributed by atoms with van der Waals surface area (Å²) in [7, 11) is 0. The van der Waals surface area contributed by atoms with E-state index in [-0.39, 0.29) is 12.7 Å². The Morgan fingerprint density at radius 3 is 2.81 bits per heavy atom. The van der Waals surface area contributed by atoms with Crippen molar-refractivity contribution in [3.8, 4) is 5.75 Å². The molecule has 1 heterocycles. The van der Waals surface area contributed by atoms with Crippen molar-refractivity contribution in [3.63, 3.8) is 0 Å². The highest BCUT2D eigenvalue weighted by Crippen LogP contribution is 2.24. The van der Waals surface area contributed by atoms with Crippen molar-refractivity contribution in [2.75, 3.05) is 13.2 Å². The zero-order chi connectivity index (χ0) is 11.4. The number of ether oxygens (including phenoxy) is 2. The maximum Gasteiger partial charge on any atom is 0.120 e. The molecule has 0 aliphatic carbocycles. The van der Waals surface area contributed by atoms with Crippen molar-refractivity contribution < 1.29 is 14.6 Å². The van der Waals surface area contributed by atoms with E-state index < -0.39 is 0 Å². The number of rotatable bonds is 3. The number of aliphatic hydroxyl groups is 1. The Balaban J connectivity index is 2.03. The zero-order valence-electron chi connectivity index (χ0n) is 8.99. The minimum absolute atomic E-state index is 0.0194. The summed E-state index contributed by atoms with van der Waals surface area (Å²) in [5.74, 6) is 0.819. The Morgan fingerprint density at radius 2 is 2.12 bits per heavy atom. The van der Waals surface area contributed by atoms with Gasteiger partial charge in [-0.1, -0.05) is 15.9 Å². The predicted octanol–water partition coefficient (Wildman–Crippen LogP) is 2.50. The standard InChI is InChI=1S/C12H15BrO3/c13-12-2-1-11(7-9(12)8-14)16-10-3-5-15-6-4-10/h1-2,7,10,14H,3-6,8H2. The molecule has 88 valence electrons. The summed E-state index contributed by atoms with van der Waals surface area (Å²) in [5.41, 5.74) is 0.851. The molecule has 0 unspecified atom stereocenters. The van der Waals surface area contributed by atoms with Crippen LogP contribution in [0.4, 0.5) is 0 Å². The van der Waals surface area contributed by atoms with Crippen LogP contribution in [0.1, 0.15) is 18.4 Å². The Bertz CT molecular complexity index is 348. The van der Waals surface area contributed by atoms with Gasteiger partial charge in [0.25, 0.3) is 0 Å². The molecule has 1 aromatic carbocycles. The first-order valence-electron chi connectivity index (χ1n) is 5.43. The van der Waals surface area contributed by atoms with Gasteiger partial charge in [-0.05, 0) is 23.8 Å². The van der Waals surface area contributed by atoms with Gasteiger partial charge in [-0.2, -0.15) is 0 Å². The first-order chi connectivity index (χ1) is 7.79. The van der Waals surface area contributed by atoms with Crippen molar-refractivity contribution in [2.45, 2.75) is 25.6 Å². The molecule has 2 rings (SSSR count). The molecule has 0 aromatic heterocycles. The fourth-order valence-electron chi connectivity index (χ4n) is 1.73. The van der Waals surface area contributed by atoms with Crippen LogP contribution in [-0.2, 0) is 11.3 Å². The number of halogens is 1. The molecule has 0 atom stereocenters. The minimum atomic E-state index is 0.0194. The Labute approximate surface area is 104 Å². The second kappa shape index (κ2) is 5.66. The van der Waals surface area contributed by atoms with Crippen LogP contribution in [-0.4, -0.2) is 24.4 Å². The van der Waals surface area contributed by atoms with Crippen LogP contribution < -0.4 is 4.74 Å². The van der Waals surface area contributed by atoms with E-state index in [1.54, 1.807) is 0 Å². The molecule has 1 N–H and O–H groups in total. The largest absolute Gasteiger partial charge is 0.490 e. The summed E-state index contributed by atoms with van der Waals surface area (Å²) < 4.78 is 12.0. The molecule has 1 fully saturated rings. The van der Waals surface area contributed by atoms with Gasteiger partial charge < -0.3 is 14.6 Å². The molecule has 1 saturated heterocycles. The van der Waals surface area contributed by atoms with Crippen molar-refractivity contribution >= 4 is 15.9 Å². The average Bonchev–Trinajstić information content (AvgIpc) is 2.33. The van der Waals surface area contributed by atoms with Crippen LogP contribution in [0, 0.1) is 0 Å². The number of benzene rings is 1. The third-order valence-electron chi connectivity index (χ3n) is 2.66.